The topological polar surface area (TPSA) is 29.1 Å². The predicted octanol–water partition coefficient (Wildman–Crippen LogP) is 6.68. The first-order valence-corrected chi connectivity index (χ1v) is 9.50. The van der Waals surface area contributed by atoms with Crippen LogP contribution in [-0.4, -0.2) is 5.91 Å². The molecule has 0 aliphatic rings. The number of carbonyl (C=O) groups excluding carboxylic acids is 1. The SMILES string of the molecule is O=C(Nc1ccc(CSc2ccc(F)cc2)cc1)c1cccc(Cl)c1Cl. The fourth-order valence-corrected chi connectivity index (χ4v) is 3.50. The minimum Gasteiger partial charge on any atom is -0.322 e. The number of rotatable bonds is 5. The zero-order valence-electron chi connectivity index (χ0n) is 13.5. The lowest BCUT2D eigenvalue weighted by Gasteiger charge is -2.08. The maximum absolute atomic E-state index is 12.9. The van der Waals surface area contributed by atoms with E-state index < -0.39 is 0 Å². The number of halogens is 3. The van der Waals surface area contributed by atoms with Crippen molar-refractivity contribution < 1.29 is 9.18 Å². The van der Waals surface area contributed by atoms with Gasteiger partial charge in [-0.3, -0.25) is 4.79 Å². The van der Waals surface area contributed by atoms with Gasteiger partial charge in [-0.1, -0.05) is 41.4 Å². The third-order valence-corrected chi connectivity index (χ3v) is 5.53. The van der Waals surface area contributed by atoms with E-state index in [0.717, 1.165) is 16.2 Å². The monoisotopic (exact) mass is 405 g/mol. The van der Waals surface area contributed by atoms with Gasteiger partial charge in [-0.15, -0.1) is 11.8 Å². The predicted molar refractivity (Wildman–Crippen MR) is 107 cm³/mol. The van der Waals surface area contributed by atoms with E-state index in [1.54, 1.807) is 42.1 Å². The maximum Gasteiger partial charge on any atom is 0.257 e. The average Bonchev–Trinajstić information content (AvgIpc) is 2.64. The van der Waals surface area contributed by atoms with Crippen LogP contribution in [0.5, 0.6) is 0 Å². The second-order valence-electron chi connectivity index (χ2n) is 5.50. The molecule has 3 aromatic carbocycles. The van der Waals surface area contributed by atoms with Crippen LogP contribution in [0.3, 0.4) is 0 Å². The molecule has 3 aromatic rings. The molecule has 0 aliphatic heterocycles. The van der Waals surface area contributed by atoms with E-state index in [4.69, 9.17) is 23.2 Å². The van der Waals surface area contributed by atoms with Gasteiger partial charge in [0.2, 0.25) is 0 Å². The fraction of sp³-hybridized carbons (Fsp3) is 0.0500. The van der Waals surface area contributed by atoms with Gasteiger partial charge < -0.3 is 5.32 Å². The van der Waals surface area contributed by atoms with Gasteiger partial charge in [0.05, 0.1) is 15.6 Å². The molecule has 3 rings (SSSR count). The molecule has 1 N–H and O–H groups in total. The third-order valence-electron chi connectivity index (χ3n) is 3.63. The van der Waals surface area contributed by atoms with E-state index in [9.17, 15) is 9.18 Å². The molecule has 0 fully saturated rings. The van der Waals surface area contributed by atoms with Crippen LogP contribution in [0.1, 0.15) is 15.9 Å². The van der Waals surface area contributed by atoms with Gasteiger partial charge in [0, 0.05) is 16.3 Å². The summed E-state index contributed by atoms with van der Waals surface area (Å²) in [5.41, 5.74) is 2.09. The van der Waals surface area contributed by atoms with Crippen molar-refractivity contribution in [1.82, 2.24) is 0 Å². The molecule has 0 bridgehead atoms. The van der Waals surface area contributed by atoms with Crippen LogP contribution in [0, 0.1) is 5.82 Å². The summed E-state index contributed by atoms with van der Waals surface area (Å²) in [6.07, 6.45) is 0. The molecule has 0 spiro atoms. The molecular weight excluding hydrogens is 392 g/mol. The lowest BCUT2D eigenvalue weighted by atomic mass is 10.2. The van der Waals surface area contributed by atoms with Gasteiger partial charge in [0.1, 0.15) is 5.82 Å². The molecule has 0 aliphatic carbocycles. The molecule has 1 amide bonds. The zero-order chi connectivity index (χ0) is 18.5. The number of hydrogen-bond acceptors (Lipinski definition) is 2. The number of amides is 1. The minimum atomic E-state index is -0.314. The van der Waals surface area contributed by atoms with E-state index in [1.165, 1.54) is 12.1 Å². The first-order chi connectivity index (χ1) is 12.5. The largest absolute Gasteiger partial charge is 0.322 e. The second kappa shape index (κ2) is 8.58. The Morgan fingerprint density at radius 1 is 0.962 bits per heavy atom. The number of anilines is 1. The highest BCUT2D eigenvalue weighted by atomic mass is 35.5. The average molecular weight is 406 g/mol. The summed E-state index contributed by atoms with van der Waals surface area (Å²) in [4.78, 5) is 13.3. The quantitative estimate of drug-likeness (QED) is 0.479. The van der Waals surface area contributed by atoms with Crippen molar-refractivity contribution in [3.63, 3.8) is 0 Å². The van der Waals surface area contributed by atoms with Crippen molar-refractivity contribution in [2.24, 2.45) is 0 Å². The first-order valence-electron chi connectivity index (χ1n) is 7.75. The summed E-state index contributed by atoms with van der Waals surface area (Å²) in [6.45, 7) is 0. The van der Waals surface area contributed by atoms with Gasteiger partial charge in [0.15, 0.2) is 0 Å². The van der Waals surface area contributed by atoms with Crippen molar-refractivity contribution in [2.45, 2.75) is 10.6 Å². The van der Waals surface area contributed by atoms with Gasteiger partial charge >= 0.3 is 0 Å². The molecule has 0 aromatic heterocycles. The van der Waals surface area contributed by atoms with Crippen LogP contribution >= 0.6 is 35.0 Å². The Labute approximate surface area is 165 Å². The van der Waals surface area contributed by atoms with Gasteiger partial charge in [-0.25, -0.2) is 4.39 Å². The highest BCUT2D eigenvalue weighted by Crippen LogP contribution is 2.27. The van der Waals surface area contributed by atoms with Crippen molar-refractivity contribution in [3.8, 4) is 0 Å². The Morgan fingerprint density at radius 3 is 2.35 bits per heavy atom. The fourth-order valence-electron chi connectivity index (χ4n) is 2.26. The summed E-state index contributed by atoms with van der Waals surface area (Å²) in [5.74, 6) is 0.195. The highest BCUT2D eigenvalue weighted by molar-refractivity contribution is 7.98. The molecule has 26 heavy (non-hydrogen) atoms. The molecule has 0 atom stereocenters. The van der Waals surface area contributed by atoms with E-state index >= 15 is 0 Å². The molecule has 6 heteroatoms. The van der Waals surface area contributed by atoms with E-state index in [-0.39, 0.29) is 16.7 Å². The number of thioether (sulfide) groups is 1. The number of hydrogen-bond donors (Lipinski definition) is 1. The van der Waals surface area contributed by atoms with Crippen LogP contribution in [-0.2, 0) is 5.75 Å². The molecule has 0 heterocycles. The van der Waals surface area contributed by atoms with Crippen molar-refractivity contribution >= 4 is 46.6 Å². The molecular formula is C20H14Cl2FNOS. The number of benzene rings is 3. The van der Waals surface area contributed by atoms with Crippen molar-refractivity contribution in [1.29, 1.82) is 0 Å². The third kappa shape index (κ3) is 4.79. The minimum absolute atomic E-state index is 0.235. The zero-order valence-corrected chi connectivity index (χ0v) is 15.8. The van der Waals surface area contributed by atoms with Gasteiger partial charge in [-0.05, 0) is 54.1 Å². The van der Waals surface area contributed by atoms with Gasteiger partial charge in [0.25, 0.3) is 5.91 Å². The smallest absolute Gasteiger partial charge is 0.257 e. The Kier molecular flexibility index (Phi) is 6.20. The highest BCUT2D eigenvalue weighted by Gasteiger charge is 2.12. The molecule has 132 valence electrons. The van der Waals surface area contributed by atoms with Crippen LogP contribution in [0.4, 0.5) is 10.1 Å². The summed E-state index contributed by atoms with van der Waals surface area (Å²) < 4.78 is 12.9. The maximum atomic E-state index is 12.9. The summed E-state index contributed by atoms with van der Waals surface area (Å²) in [6, 6.07) is 18.9. The molecule has 2 nitrogen and oxygen atoms in total. The van der Waals surface area contributed by atoms with Crippen LogP contribution in [0.15, 0.2) is 71.6 Å². The molecule has 0 unspecified atom stereocenters. The Hall–Kier alpha value is -2.01. The summed E-state index contributed by atoms with van der Waals surface area (Å²) in [5, 5.41) is 3.38. The van der Waals surface area contributed by atoms with Crippen LogP contribution in [0.2, 0.25) is 10.0 Å². The Bertz CT molecular complexity index is 914. The van der Waals surface area contributed by atoms with Crippen LogP contribution in [0.25, 0.3) is 0 Å². The number of carbonyl (C=O) groups is 1. The lowest BCUT2D eigenvalue weighted by Crippen LogP contribution is -2.12. The lowest BCUT2D eigenvalue weighted by molar-refractivity contribution is 0.102. The number of nitrogens with one attached hydrogen (secondary N) is 1. The standard InChI is InChI=1S/C20H14Cl2FNOS/c21-18-3-1-2-17(19(18)22)20(25)24-15-8-4-13(5-9-15)12-26-16-10-6-14(23)7-11-16/h1-11H,12H2,(H,24,25). The molecule has 0 saturated heterocycles. The van der Waals surface area contributed by atoms with E-state index in [0.29, 0.717) is 16.3 Å². The Morgan fingerprint density at radius 2 is 1.65 bits per heavy atom. The van der Waals surface area contributed by atoms with Gasteiger partial charge in [-0.2, -0.15) is 0 Å². The Balaban J connectivity index is 1.61. The second-order valence-corrected chi connectivity index (χ2v) is 7.33. The first kappa shape index (κ1) is 18.8. The van der Waals surface area contributed by atoms with E-state index in [2.05, 4.69) is 5.32 Å². The van der Waals surface area contributed by atoms with Crippen molar-refractivity contribution in [2.75, 3.05) is 5.32 Å². The van der Waals surface area contributed by atoms with Crippen molar-refractivity contribution in [3.05, 3.63) is 93.7 Å². The molecule has 0 saturated carbocycles. The normalized spacial score (nSPS) is 10.6. The summed E-state index contributed by atoms with van der Waals surface area (Å²) in [7, 11) is 0. The summed E-state index contributed by atoms with van der Waals surface area (Å²) >= 11 is 13.6. The van der Waals surface area contributed by atoms with E-state index in [1.807, 2.05) is 24.3 Å². The van der Waals surface area contributed by atoms with Crippen LogP contribution < -0.4 is 5.32 Å². The molecule has 0 radical (unpaired) electrons.